The molecule has 1 aromatic heterocycles. The molecule has 7 nitrogen and oxygen atoms in total. The van der Waals surface area contributed by atoms with Crippen LogP contribution in [0.15, 0.2) is 24.3 Å². The fourth-order valence-corrected chi connectivity index (χ4v) is 6.17. The van der Waals surface area contributed by atoms with Gasteiger partial charge in [-0.25, -0.2) is 9.37 Å². The summed E-state index contributed by atoms with van der Waals surface area (Å²) in [5.41, 5.74) is 3.09. The molecule has 10 heteroatoms. The van der Waals surface area contributed by atoms with E-state index >= 15 is 0 Å². The Bertz CT molecular complexity index is 1480. The Morgan fingerprint density at radius 2 is 1.80 bits per heavy atom. The minimum Gasteiger partial charge on any atom is -0.371 e. The van der Waals surface area contributed by atoms with Crippen molar-refractivity contribution in [1.29, 1.82) is 0 Å². The van der Waals surface area contributed by atoms with Crippen molar-refractivity contribution in [2.24, 2.45) is 12.5 Å². The quantitative estimate of drug-likeness (QED) is 0.299. The Morgan fingerprint density at radius 1 is 1.10 bits per heavy atom. The van der Waals surface area contributed by atoms with Gasteiger partial charge in [0.15, 0.2) is 5.67 Å². The molecule has 0 unspecified atom stereocenters. The number of carbonyl (C=O) groups is 2. The van der Waals surface area contributed by atoms with Crippen LogP contribution in [0.1, 0.15) is 80.2 Å². The summed E-state index contributed by atoms with van der Waals surface area (Å²) in [5.74, 6) is -0.0570. The summed E-state index contributed by atoms with van der Waals surface area (Å²) in [4.78, 5) is 32.6. The Hall–Kier alpha value is -2.84. The molecule has 2 fully saturated rings. The number of aryl methyl sites for hydroxylation is 1. The number of fused-ring (bicyclic) bond motifs is 1. The van der Waals surface area contributed by atoms with Crippen molar-refractivity contribution in [3.05, 3.63) is 56.8 Å². The van der Waals surface area contributed by atoms with Crippen LogP contribution >= 0.6 is 23.2 Å². The van der Waals surface area contributed by atoms with Gasteiger partial charge in [0.05, 0.1) is 27.3 Å². The molecular weight excluding hydrogens is 564 g/mol. The highest BCUT2D eigenvalue weighted by atomic mass is 35.5. The van der Waals surface area contributed by atoms with Crippen LogP contribution in [0.3, 0.4) is 0 Å². The number of imidazole rings is 1. The Balaban J connectivity index is 1.47. The smallest absolute Gasteiger partial charge is 0.257 e. The van der Waals surface area contributed by atoms with Crippen molar-refractivity contribution in [2.75, 3.05) is 24.5 Å². The van der Waals surface area contributed by atoms with Gasteiger partial charge in [0, 0.05) is 44.7 Å². The molecule has 3 aromatic rings. The van der Waals surface area contributed by atoms with Gasteiger partial charge in [0.25, 0.3) is 11.8 Å². The van der Waals surface area contributed by atoms with E-state index in [-0.39, 0.29) is 12.5 Å². The third-order valence-electron chi connectivity index (χ3n) is 8.57. The largest absolute Gasteiger partial charge is 0.371 e. The van der Waals surface area contributed by atoms with Crippen LogP contribution in [0.4, 0.5) is 10.1 Å². The highest BCUT2D eigenvalue weighted by Gasteiger charge is 2.44. The Labute approximate surface area is 250 Å². The number of hydrogen-bond donors (Lipinski definition) is 2. The molecule has 1 spiro atoms. The SMILES string of the molecule is CCCNC(=O)c1cc2nc(Cc3c(Cl)ccc(CNC(=O)C(C)(C)F)c3Cl)n(C)c2cc1N1CCC2(CC1)CC2. The van der Waals surface area contributed by atoms with Crippen molar-refractivity contribution in [1.82, 2.24) is 20.2 Å². The summed E-state index contributed by atoms with van der Waals surface area (Å²) < 4.78 is 16.0. The number of halogens is 3. The third-order valence-corrected chi connectivity index (χ3v) is 9.40. The van der Waals surface area contributed by atoms with Gasteiger partial charge in [-0.05, 0) is 80.7 Å². The monoisotopic (exact) mass is 601 g/mol. The molecule has 220 valence electrons. The number of benzene rings is 2. The first-order chi connectivity index (χ1) is 19.4. The van der Waals surface area contributed by atoms with E-state index in [2.05, 4.69) is 21.6 Å². The lowest BCUT2D eigenvalue weighted by molar-refractivity contribution is -0.130. The molecule has 2 amide bonds. The van der Waals surface area contributed by atoms with E-state index in [9.17, 15) is 14.0 Å². The number of aromatic nitrogens is 2. The van der Waals surface area contributed by atoms with Crippen molar-refractivity contribution >= 4 is 51.7 Å². The fourth-order valence-electron chi connectivity index (χ4n) is 5.60. The molecule has 0 atom stereocenters. The maximum absolute atomic E-state index is 14.0. The van der Waals surface area contributed by atoms with Crippen LogP contribution in [0, 0.1) is 5.41 Å². The topological polar surface area (TPSA) is 79.3 Å². The van der Waals surface area contributed by atoms with Crippen molar-refractivity contribution in [2.45, 2.75) is 71.5 Å². The maximum atomic E-state index is 14.0. The average Bonchev–Trinajstić information content (AvgIpc) is 3.62. The van der Waals surface area contributed by atoms with Gasteiger partial charge in [-0.2, -0.15) is 0 Å². The predicted molar refractivity (Wildman–Crippen MR) is 163 cm³/mol. The molecular formula is C31H38Cl2FN5O2. The van der Waals surface area contributed by atoms with Crippen molar-refractivity contribution in [3.8, 4) is 0 Å². The van der Waals surface area contributed by atoms with Crippen LogP contribution in [0.2, 0.25) is 10.0 Å². The molecule has 1 saturated heterocycles. The molecule has 1 saturated carbocycles. The molecule has 2 aromatic carbocycles. The minimum absolute atomic E-state index is 0.0778. The number of alkyl halides is 1. The first kappa shape index (κ1) is 29.6. The highest BCUT2D eigenvalue weighted by molar-refractivity contribution is 6.36. The lowest BCUT2D eigenvalue weighted by Crippen LogP contribution is -2.38. The number of carbonyl (C=O) groups excluding carboxylic acids is 2. The van der Waals surface area contributed by atoms with Gasteiger partial charge in [-0.1, -0.05) is 36.2 Å². The molecule has 5 rings (SSSR count). The normalized spacial score (nSPS) is 16.3. The van der Waals surface area contributed by atoms with Gasteiger partial charge in [-0.3, -0.25) is 9.59 Å². The second-order valence-corrected chi connectivity index (χ2v) is 12.8. The Morgan fingerprint density at radius 3 is 2.44 bits per heavy atom. The summed E-state index contributed by atoms with van der Waals surface area (Å²) in [6, 6.07) is 7.44. The zero-order valence-electron chi connectivity index (χ0n) is 24.2. The van der Waals surface area contributed by atoms with Gasteiger partial charge in [0.2, 0.25) is 0 Å². The van der Waals surface area contributed by atoms with Crippen LogP contribution in [0.5, 0.6) is 0 Å². The summed E-state index contributed by atoms with van der Waals surface area (Å²) in [7, 11) is 1.95. The van der Waals surface area contributed by atoms with E-state index in [4.69, 9.17) is 28.2 Å². The van der Waals surface area contributed by atoms with Crippen LogP contribution in [0.25, 0.3) is 11.0 Å². The van der Waals surface area contributed by atoms with E-state index in [0.29, 0.717) is 45.1 Å². The van der Waals surface area contributed by atoms with E-state index in [1.165, 1.54) is 26.7 Å². The third kappa shape index (κ3) is 6.19. The minimum atomic E-state index is -1.99. The molecule has 41 heavy (non-hydrogen) atoms. The molecule has 2 N–H and O–H groups in total. The second-order valence-electron chi connectivity index (χ2n) is 12.0. The molecule has 1 aliphatic heterocycles. The van der Waals surface area contributed by atoms with Gasteiger partial charge >= 0.3 is 0 Å². The lowest BCUT2D eigenvalue weighted by Gasteiger charge is -2.35. The summed E-state index contributed by atoms with van der Waals surface area (Å²) in [6.07, 6.45) is 6.17. The van der Waals surface area contributed by atoms with Crippen LogP contribution < -0.4 is 15.5 Å². The fraction of sp³-hybridized carbons (Fsp3) is 0.516. The molecule has 2 heterocycles. The summed E-state index contributed by atoms with van der Waals surface area (Å²) in [6.45, 7) is 7.04. The lowest BCUT2D eigenvalue weighted by atomic mass is 9.93. The van der Waals surface area contributed by atoms with Crippen molar-refractivity contribution < 1.29 is 14.0 Å². The maximum Gasteiger partial charge on any atom is 0.257 e. The average molecular weight is 603 g/mol. The molecule has 1 aliphatic carbocycles. The van der Waals surface area contributed by atoms with Gasteiger partial charge in [-0.15, -0.1) is 0 Å². The number of anilines is 1. The zero-order chi connectivity index (χ0) is 29.5. The van der Waals surface area contributed by atoms with E-state index in [0.717, 1.165) is 54.9 Å². The summed E-state index contributed by atoms with van der Waals surface area (Å²) >= 11 is 13.3. The second kappa shape index (κ2) is 11.4. The Kier molecular flexibility index (Phi) is 8.27. The first-order valence-electron chi connectivity index (χ1n) is 14.4. The van der Waals surface area contributed by atoms with Gasteiger partial charge < -0.3 is 20.1 Å². The van der Waals surface area contributed by atoms with Gasteiger partial charge in [0.1, 0.15) is 5.82 Å². The number of nitrogens with zero attached hydrogens (tertiary/aromatic N) is 3. The van der Waals surface area contributed by atoms with E-state index < -0.39 is 11.6 Å². The molecule has 0 radical (unpaired) electrons. The van der Waals surface area contributed by atoms with E-state index in [1.807, 2.05) is 24.6 Å². The zero-order valence-corrected chi connectivity index (χ0v) is 25.7. The number of piperidine rings is 1. The van der Waals surface area contributed by atoms with Crippen LogP contribution in [-0.4, -0.2) is 46.7 Å². The predicted octanol–water partition coefficient (Wildman–Crippen LogP) is 6.36. The number of nitrogens with one attached hydrogen (secondary N) is 2. The van der Waals surface area contributed by atoms with E-state index in [1.54, 1.807) is 12.1 Å². The summed E-state index contributed by atoms with van der Waals surface area (Å²) in [5, 5.41) is 6.52. The van der Waals surface area contributed by atoms with Crippen LogP contribution in [-0.2, 0) is 24.8 Å². The first-order valence-corrected chi connectivity index (χ1v) is 15.1. The molecule has 2 aliphatic rings. The highest BCUT2D eigenvalue weighted by Crippen LogP contribution is 2.54. The van der Waals surface area contributed by atoms with Crippen molar-refractivity contribution in [3.63, 3.8) is 0 Å². The number of rotatable bonds is 9. The number of amides is 2. The standard InChI is InChI=1S/C31H38Cl2FN5O2/c1-5-12-35-28(40)21-15-23-25(17-24(21)39-13-10-31(8-9-31)11-14-39)38(4)26(37-23)16-20-22(32)7-6-19(27(20)33)18-36-29(41)30(2,3)34/h6-7,15,17H,5,8-14,16,18H2,1-4H3,(H,35,40)(H,36,41). The number of hydrogen-bond acceptors (Lipinski definition) is 4. The molecule has 0 bridgehead atoms.